The van der Waals surface area contributed by atoms with Crippen molar-refractivity contribution < 1.29 is 65.8 Å². The zero-order chi connectivity index (χ0) is 25.2. The number of nitrogen functional groups attached to an aromatic ring is 1. The Kier molecular flexibility index (Phi) is 8.32. The largest absolute Gasteiger partial charge is 0.490 e. The van der Waals surface area contributed by atoms with Crippen molar-refractivity contribution >= 4 is 29.3 Å². The fraction of sp³-hybridized carbons (Fsp3) is 0.545. The van der Waals surface area contributed by atoms with Crippen molar-refractivity contribution in [3.05, 3.63) is 16.7 Å². The number of anilines is 1. The van der Waals surface area contributed by atoms with Crippen LogP contribution in [0.2, 0.25) is 0 Å². The number of alkyl halides is 1. The molecule has 1 saturated heterocycles. The molecule has 2 heterocycles. The summed E-state index contributed by atoms with van der Waals surface area (Å²) in [6, 6.07) is 0. The van der Waals surface area contributed by atoms with Crippen LogP contribution in [0.3, 0.4) is 0 Å². The lowest BCUT2D eigenvalue weighted by molar-refractivity contribution is -0.0833. The van der Waals surface area contributed by atoms with E-state index in [-0.39, 0.29) is 5.82 Å². The Labute approximate surface area is 182 Å². The maximum Gasteiger partial charge on any atom is 0.490 e. The predicted molar refractivity (Wildman–Crippen MR) is 99.1 cm³/mol. The van der Waals surface area contributed by atoms with Gasteiger partial charge in [0.25, 0.3) is 0 Å². The average Bonchev–Trinajstić information content (AvgIpc) is 2.87. The maximum atomic E-state index is 12.5. The first-order valence-corrected chi connectivity index (χ1v) is 12.6. The molecule has 1 aliphatic rings. The van der Waals surface area contributed by atoms with Crippen molar-refractivity contribution in [1.82, 2.24) is 14.8 Å². The number of phosphoric ester groups is 1. The van der Waals surface area contributed by atoms with Gasteiger partial charge in [-0.2, -0.15) is 23.4 Å². The number of ether oxygens (including phenoxy) is 1. The van der Waals surface area contributed by atoms with Crippen LogP contribution in [0.4, 0.5) is 10.2 Å². The Hall–Kier alpha value is -1.61. The zero-order valence-electron chi connectivity index (χ0n) is 15.8. The average molecular weight is 540 g/mol. The van der Waals surface area contributed by atoms with Gasteiger partial charge in [0.1, 0.15) is 24.7 Å². The molecule has 1 aliphatic heterocycles. The summed E-state index contributed by atoms with van der Waals surface area (Å²) in [5.74, 6) is 3.42. The minimum atomic E-state index is -5.82. The molecule has 0 spiro atoms. The van der Waals surface area contributed by atoms with E-state index in [2.05, 4.69) is 23.2 Å². The molecule has 0 amide bonds. The number of aliphatic hydroxyl groups excluding tert-OH is 1. The number of nitrogens with zero attached hydrogens (tertiary/aromatic N) is 3. The standard InChI is InChI=1S/C11H16FN4O14P3/c12-3-1-2-11(19)8(17)6(28-9(11)16-10(18)15-7(13)4-14-16)5-27-32(23,24)30-33(25,26)29-31(20,21)22/h4,6,8-9,17,19H,3,5H2,(H,23,24)(H,25,26)(H2,13,15,18)(H2,20,21,22)/t6-,8+,9-,11?/m1/s1. The molecular formula is C11H16FN4O14P3. The Morgan fingerprint density at radius 1 is 1.24 bits per heavy atom. The van der Waals surface area contributed by atoms with Crippen LogP contribution < -0.4 is 11.4 Å². The molecule has 1 aromatic heterocycles. The smallest absolute Gasteiger partial charge is 0.386 e. The number of phosphoric acid groups is 3. The second-order valence-corrected chi connectivity index (χ2v) is 10.4. The fourth-order valence-corrected chi connectivity index (χ4v) is 5.48. The lowest BCUT2D eigenvalue weighted by Gasteiger charge is -2.25. The number of hydrogen-bond acceptors (Lipinski definition) is 13. The van der Waals surface area contributed by atoms with E-state index in [1.165, 1.54) is 0 Å². The van der Waals surface area contributed by atoms with E-state index in [4.69, 9.17) is 25.2 Å². The van der Waals surface area contributed by atoms with Crippen LogP contribution in [-0.4, -0.2) is 75.6 Å². The molecule has 22 heteroatoms. The van der Waals surface area contributed by atoms with Gasteiger partial charge in [-0.1, -0.05) is 11.8 Å². The third-order valence-corrected chi connectivity index (χ3v) is 7.42. The quantitative estimate of drug-likeness (QED) is 0.133. The van der Waals surface area contributed by atoms with Gasteiger partial charge >= 0.3 is 29.2 Å². The fourth-order valence-electron chi connectivity index (χ4n) is 2.45. The number of rotatable bonds is 8. The van der Waals surface area contributed by atoms with Crippen molar-refractivity contribution in [2.75, 3.05) is 19.0 Å². The summed E-state index contributed by atoms with van der Waals surface area (Å²) in [6.45, 7) is -2.51. The minimum absolute atomic E-state index is 0.322. The highest BCUT2D eigenvalue weighted by Gasteiger charge is 2.57. The van der Waals surface area contributed by atoms with Crippen molar-refractivity contribution in [3.63, 3.8) is 0 Å². The van der Waals surface area contributed by atoms with E-state index >= 15 is 0 Å². The molecule has 186 valence electrons. The van der Waals surface area contributed by atoms with E-state index in [1.54, 1.807) is 0 Å². The summed E-state index contributed by atoms with van der Waals surface area (Å²) in [6.07, 6.45) is -5.11. The number of aromatic nitrogens is 3. The second kappa shape index (κ2) is 9.94. The second-order valence-electron chi connectivity index (χ2n) is 6.03. The Morgan fingerprint density at radius 2 is 1.88 bits per heavy atom. The summed E-state index contributed by atoms with van der Waals surface area (Å²) >= 11 is 0. The van der Waals surface area contributed by atoms with E-state index < -0.39 is 66.5 Å². The molecule has 8 N–H and O–H groups in total. The lowest BCUT2D eigenvalue weighted by atomic mass is 9.95. The van der Waals surface area contributed by atoms with Crippen LogP contribution in [0.1, 0.15) is 6.23 Å². The molecule has 2 rings (SSSR count). The van der Waals surface area contributed by atoms with Crippen LogP contribution >= 0.6 is 23.5 Å². The Morgan fingerprint density at radius 3 is 2.42 bits per heavy atom. The topological polar surface area (TPSA) is 283 Å². The van der Waals surface area contributed by atoms with E-state index in [9.17, 15) is 38.0 Å². The van der Waals surface area contributed by atoms with Crippen LogP contribution in [-0.2, 0) is 31.6 Å². The summed E-state index contributed by atoms with van der Waals surface area (Å²) in [4.78, 5) is 51.0. The van der Waals surface area contributed by atoms with Crippen molar-refractivity contribution in [2.24, 2.45) is 0 Å². The molecule has 0 radical (unpaired) electrons. The van der Waals surface area contributed by atoms with Gasteiger partial charge in [0.2, 0.25) is 5.60 Å². The van der Waals surface area contributed by atoms with Gasteiger partial charge in [-0.3, -0.25) is 4.52 Å². The number of nitrogens with two attached hydrogens (primary N) is 1. The molecule has 1 aromatic rings. The molecule has 1 fully saturated rings. The monoisotopic (exact) mass is 540 g/mol. The van der Waals surface area contributed by atoms with Gasteiger partial charge in [0.05, 0.1) is 12.8 Å². The molecule has 0 aliphatic carbocycles. The molecule has 0 saturated carbocycles. The molecule has 0 aromatic carbocycles. The summed E-state index contributed by atoms with van der Waals surface area (Å²) in [7, 11) is -17.1. The van der Waals surface area contributed by atoms with Gasteiger partial charge in [-0.05, 0) is 0 Å². The SMILES string of the molecule is Nc1cnn([C@@H]2O[C@H](COP(=O)(O)OP(=O)(O)OP(=O)(O)O)[C@H](O)C2(O)C#CCF)c(=O)n1. The zero-order valence-corrected chi connectivity index (χ0v) is 18.5. The van der Waals surface area contributed by atoms with Crippen molar-refractivity contribution in [2.45, 2.75) is 24.0 Å². The Balaban J connectivity index is 2.26. The number of halogens is 1. The first-order chi connectivity index (χ1) is 15.0. The lowest BCUT2D eigenvalue weighted by Crippen LogP contribution is -2.48. The van der Waals surface area contributed by atoms with Crippen LogP contribution in [0.5, 0.6) is 0 Å². The summed E-state index contributed by atoms with van der Waals surface area (Å²) in [5, 5.41) is 24.7. The van der Waals surface area contributed by atoms with Gasteiger partial charge < -0.3 is 40.3 Å². The van der Waals surface area contributed by atoms with E-state index in [0.717, 1.165) is 6.20 Å². The summed E-state index contributed by atoms with van der Waals surface area (Å²) in [5.41, 5.74) is 1.36. The Bertz CT molecular complexity index is 1150. The third-order valence-electron chi connectivity index (χ3n) is 3.61. The predicted octanol–water partition coefficient (Wildman–Crippen LogP) is -2.47. The highest BCUT2D eigenvalue weighted by Crippen LogP contribution is 2.66. The van der Waals surface area contributed by atoms with Crippen LogP contribution in [0, 0.1) is 11.8 Å². The van der Waals surface area contributed by atoms with E-state index in [0.29, 0.717) is 4.68 Å². The molecule has 6 atom stereocenters. The molecule has 3 unspecified atom stereocenters. The maximum absolute atomic E-state index is 12.5. The molecule has 18 nitrogen and oxygen atoms in total. The van der Waals surface area contributed by atoms with Crippen LogP contribution in [0.15, 0.2) is 11.0 Å². The van der Waals surface area contributed by atoms with Gasteiger partial charge in [-0.15, -0.1) is 0 Å². The van der Waals surface area contributed by atoms with Gasteiger partial charge in [0, 0.05) is 0 Å². The highest BCUT2D eigenvalue weighted by molar-refractivity contribution is 7.66. The van der Waals surface area contributed by atoms with Crippen LogP contribution in [0.25, 0.3) is 0 Å². The first kappa shape index (κ1) is 27.6. The number of aliphatic hydroxyl groups is 2. The first-order valence-electron chi connectivity index (χ1n) is 8.11. The summed E-state index contributed by atoms with van der Waals surface area (Å²) < 4.78 is 63.3. The van der Waals surface area contributed by atoms with Gasteiger partial charge in [-0.25, -0.2) is 22.9 Å². The van der Waals surface area contributed by atoms with Crippen molar-refractivity contribution in [1.29, 1.82) is 0 Å². The van der Waals surface area contributed by atoms with Gasteiger partial charge in [0.15, 0.2) is 6.23 Å². The normalized spacial score (nSPS) is 29.0. The van der Waals surface area contributed by atoms with Crippen molar-refractivity contribution in [3.8, 4) is 11.8 Å². The van der Waals surface area contributed by atoms with E-state index in [1.807, 2.05) is 11.8 Å². The number of hydrogen-bond donors (Lipinski definition) is 7. The molecular weight excluding hydrogens is 524 g/mol. The third kappa shape index (κ3) is 7.18. The minimum Gasteiger partial charge on any atom is -0.386 e. The molecule has 0 bridgehead atoms. The molecule has 33 heavy (non-hydrogen) atoms. The highest BCUT2D eigenvalue weighted by atomic mass is 31.3.